The van der Waals surface area contributed by atoms with Gasteiger partial charge in [-0.1, -0.05) is 0 Å². The topological polar surface area (TPSA) is 127 Å². The molecule has 0 heterocycles. The summed E-state index contributed by atoms with van der Waals surface area (Å²) in [6, 6.07) is -0.873. The Morgan fingerprint density at radius 1 is 1.11 bits per heavy atom. The third-order valence-corrected chi connectivity index (χ3v) is 2.31. The van der Waals surface area contributed by atoms with Gasteiger partial charge in [-0.05, 0) is 40.0 Å². The van der Waals surface area contributed by atoms with E-state index in [4.69, 9.17) is 20.7 Å². The molecule has 0 aromatic heterocycles. The van der Waals surface area contributed by atoms with Crippen LogP contribution in [0.1, 0.15) is 40.0 Å². The second-order valence-corrected chi connectivity index (χ2v) is 5.30. The van der Waals surface area contributed by atoms with E-state index in [0.717, 1.165) is 0 Å². The zero-order chi connectivity index (χ0) is 15.2. The van der Waals surface area contributed by atoms with Crippen molar-refractivity contribution in [3.8, 4) is 0 Å². The summed E-state index contributed by atoms with van der Waals surface area (Å²) in [7, 11) is 0. The Bertz CT molecular complexity index is 333. The molecule has 0 saturated carbocycles. The predicted octanol–water partition coefficient (Wildman–Crippen LogP) is 0.611. The first kappa shape index (κ1) is 17.4. The van der Waals surface area contributed by atoms with Crippen LogP contribution in [0.4, 0.5) is 0 Å². The fourth-order valence-electron chi connectivity index (χ4n) is 1.39. The zero-order valence-corrected chi connectivity index (χ0v) is 11.4. The van der Waals surface area contributed by atoms with Gasteiger partial charge in [-0.15, -0.1) is 0 Å². The highest BCUT2D eigenvalue weighted by Gasteiger charge is 2.27. The van der Waals surface area contributed by atoms with Crippen LogP contribution in [-0.4, -0.2) is 39.8 Å². The van der Waals surface area contributed by atoms with Gasteiger partial charge in [0.05, 0.1) is 0 Å². The van der Waals surface area contributed by atoms with Gasteiger partial charge >= 0.3 is 17.9 Å². The average molecular weight is 275 g/mol. The number of rotatable bonds is 7. The van der Waals surface area contributed by atoms with Gasteiger partial charge in [-0.3, -0.25) is 14.4 Å². The third kappa shape index (κ3) is 7.40. The van der Waals surface area contributed by atoms with Gasteiger partial charge in [0.25, 0.3) is 0 Å². The van der Waals surface area contributed by atoms with Crippen LogP contribution in [0.15, 0.2) is 0 Å². The minimum Gasteiger partial charge on any atom is -0.481 e. The largest absolute Gasteiger partial charge is 0.481 e. The quantitative estimate of drug-likeness (QED) is 0.459. The van der Waals surface area contributed by atoms with E-state index in [9.17, 15) is 14.4 Å². The molecular formula is C12H21NO6. The lowest BCUT2D eigenvalue weighted by Crippen LogP contribution is -2.37. The van der Waals surface area contributed by atoms with E-state index in [0.29, 0.717) is 0 Å². The van der Waals surface area contributed by atoms with E-state index >= 15 is 0 Å². The van der Waals surface area contributed by atoms with Crippen molar-refractivity contribution in [2.45, 2.75) is 51.7 Å². The van der Waals surface area contributed by atoms with Crippen LogP contribution in [-0.2, 0) is 19.1 Å². The van der Waals surface area contributed by atoms with Crippen LogP contribution >= 0.6 is 0 Å². The smallest absolute Gasteiger partial charge is 0.323 e. The molecule has 0 aliphatic heterocycles. The predicted molar refractivity (Wildman–Crippen MR) is 66.4 cm³/mol. The number of hydrogen-bond donors (Lipinski definition) is 3. The highest BCUT2D eigenvalue weighted by Crippen LogP contribution is 2.13. The molecule has 0 radical (unpaired) electrons. The van der Waals surface area contributed by atoms with Crippen molar-refractivity contribution in [2.24, 2.45) is 11.7 Å². The van der Waals surface area contributed by atoms with Gasteiger partial charge in [-0.2, -0.15) is 0 Å². The Morgan fingerprint density at radius 3 is 1.95 bits per heavy atom. The minimum absolute atomic E-state index is 0.0683. The SMILES string of the molecule is CC(C)(C)OC(=O)C(N)CCCC(C(=O)O)C(=O)O. The highest BCUT2D eigenvalue weighted by atomic mass is 16.6. The number of carboxylic acid groups (broad SMARTS) is 2. The summed E-state index contributed by atoms with van der Waals surface area (Å²) < 4.78 is 5.06. The van der Waals surface area contributed by atoms with Crippen LogP contribution < -0.4 is 5.73 Å². The van der Waals surface area contributed by atoms with Crippen molar-refractivity contribution >= 4 is 17.9 Å². The van der Waals surface area contributed by atoms with E-state index in [1.165, 1.54) is 0 Å². The summed E-state index contributed by atoms with van der Waals surface area (Å²) in [5.41, 5.74) is 4.95. The van der Waals surface area contributed by atoms with E-state index < -0.39 is 35.5 Å². The van der Waals surface area contributed by atoms with Gasteiger partial charge in [0.2, 0.25) is 0 Å². The molecule has 110 valence electrons. The lowest BCUT2D eigenvalue weighted by atomic mass is 10.0. The molecule has 0 fully saturated rings. The van der Waals surface area contributed by atoms with Crippen molar-refractivity contribution in [3.63, 3.8) is 0 Å². The van der Waals surface area contributed by atoms with E-state index in [1.807, 2.05) is 0 Å². The van der Waals surface area contributed by atoms with Crippen molar-refractivity contribution in [1.82, 2.24) is 0 Å². The first-order valence-electron chi connectivity index (χ1n) is 5.98. The molecule has 7 heteroatoms. The number of ether oxygens (including phenoxy) is 1. The van der Waals surface area contributed by atoms with Gasteiger partial charge in [0.15, 0.2) is 5.92 Å². The van der Waals surface area contributed by atoms with Crippen LogP contribution in [0.5, 0.6) is 0 Å². The monoisotopic (exact) mass is 275 g/mol. The molecule has 0 aromatic rings. The van der Waals surface area contributed by atoms with Crippen LogP contribution in [0.25, 0.3) is 0 Å². The molecule has 0 saturated heterocycles. The molecule has 0 aliphatic carbocycles. The first-order valence-corrected chi connectivity index (χ1v) is 5.98. The molecule has 0 rings (SSSR count). The molecule has 1 unspecified atom stereocenters. The number of nitrogens with two attached hydrogens (primary N) is 1. The summed E-state index contributed by atoms with van der Waals surface area (Å²) in [6.07, 6.45) is 0.344. The maximum Gasteiger partial charge on any atom is 0.323 e. The zero-order valence-electron chi connectivity index (χ0n) is 11.4. The molecule has 0 spiro atoms. The highest BCUT2D eigenvalue weighted by molar-refractivity contribution is 5.92. The normalized spacial score (nSPS) is 13.1. The van der Waals surface area contributed by atoms with E-state index in [-0.39, 0.29) is 19.3 Å². The maximum atomic E-state index is 11.5. The molecular weight excluding hydrogens is 254 g/mol. The van der Waals surface area contributed by atoms with Crippen molar-refractivity contribution < 1.29 is 29.3 Å². The van der Waals surface area contributed by atoms with Gasteiger partial charge in [-0.25, -0.2) is 0 Å². The molecule has 4 N–H and O–H groups in total. The van der Waals surface area contributed by atoms with Gasteiger partial charge < -0.3 is 20.7 Å². The molecule has 19 heavy (non-hydrogen) atoms. The number of esters is 1. The fourth-order valence-corrected chi connectivity index (χ4v) is 1.39. The summed E-state index contributed by atoms with van der Waals surface area (Å²) >= 11 is 0. The molecule has 1 atom stereocenters. The van der Waals surface area contributed by atoms with E-state index in [2.05, 4.69) is 0 Å². The summed E-state index contributed by atoms with van der Waals surface area (Å²) in [5, 5.41) is 17.3. The maximum absolute atomic E-state index is 11.5. The summed E-state index contributed by atoms with van der Waals surface area (Å²) in [4.78, 5) is 32.8. The average Bonchev–Trinajstić information content (AvgIpc) is 2.20. The third-order valence-electron chi connectivity index (χ3n) is 2.31. The van der Waals surface area contributed by atoms with Crippen LogP contribution in [0.3, 0.4) is 0 Å². The lowest BCUT2D eigenvalue weighted by molar-refractivity contribution is -0.156. The second-order valence-electron chi connectivity index (χ2n) is 5.30. The van der Waals surface area contributed by atoms with Crippen LogP contribution in [0.2, 0.25) is 0 Å². The first-order chi connectivity index (χ1) is 8.54. The fraction of sp³-hybridized carbons (Fsp3) is 0.750. The number of carbonyl (C=O) groups excluding carboxylic acids is 1. The van der Waals surface area contributed by atoms with Crippen molar-refractivity contribution in [2.75, 3.05) is 0 Å². The number of aliphatic carboxylic acids is 2. The van der Waals surface area contributed by atoms with Gasteiger partial charge in [0, 0.05) is 0 Å². The molecule has 0 aliphatic rings. The lowest BCUT2D eigenvalue weighted by Gasteiger charge is -2.22. The molecule has 0 amide bonds. The minimum atomic E-state index is -1.47. The second kappa shape index (κ2) is 7.08. The Labute approximate surface area is 111 Å². The van der Waals surface area contributed by atoms with Crippen molar-refractivity contribution in [1.29, 1.82) is 0 Å². The van der Waals surface area contributed by atoms with Crippen LogP contribution in [0, 0.1) is 5.92 Å². The number of carboxylic acids is 2. The van der Waals surface area contributed by atoms with Gasteiger partial charge in [0.1, 0.15) is 11.6 Å². The molecule has 0 bridgehead atoms. The Morgan fingerprint density at radius 2 is 1.58 bits per heavy atom. The Kier molecular flexibility index (Phi) is 6.47. The summed E-state index contributed by atoms with van der Waals surface area (Å²) in [5.74, 6) is -4.82. The Balaban J connectivity index is 4.16. The number of carbonyl (C=O) groups is 3. The number of hydrogen-bond acceptors (Lipinski definition) is 5. The standard InChI is InChI=1S/C12H21NO6/c1-12(2,3)19-11(18)8(13)6-4-5-7(9(14)15)10(16)17/h7-8H,4-6,13H2,1-3H3,(H,14,15)(H,16,17). The van der Waals surface area contributed by atoms with E-state index in [1.54, 1.807) is 20.8 Å². The molecule has 7 nitrogen and oxygen atoms in total. The Hall–Kier alpha value is -1.63. The summed E-state index contributed by atoms with van der Waals surface area (Å²) in [6.45, 7) is 5.13. The molecule has 0 aromatic carbocycles. The van der Waals surface area contributed by atoms with Crippen molar-refractivity contribution in [3.05, 3.63) is 0 Å².